The van der Waals surface area contributed by atoms with Gasteiger partial charge in [-0.2, -0.15) is 0 Å². The predicted molar refractivity (Wildman–Crippen MR) is 56.9 cm³/mol. The van der Waals surface area contributed by atoms with Gasteiger partial charge in [0, 0.05) is 13.2 Å². The summed E-state index contributed by atoms with van der Waals surface area (Å²) in [4.78, 5) is 15.6. The van der Waals surface area contributed by atoms with E-state index in [1.165, 1.54) is 0 Å². The minimum Gasteiger partial charge on any atom is -0.392 e. The fourth-order valence-electron chi connectivity index (χ4n) is 0.872. The average molecular weight is 212 g/mol. The molecular weight excluding hydrogens is 200 g/mol. The smallest absolute Gasteiger partial charge is 0.272 e. The molecule has 1 amide bonds. The number of hydrogen-bond acceptors (Lipinski definition) is 3. The summed E-state index contributed by atoms with van der Waals surface area (Å²) < 4.78 is 1.69. The van der Waals surface area contributed by atoms with E-state index in [1.807, 2.05) is 0 Å². The summed E-state index contributed by atoms with van der Waals surface area (Å²) in [7, 11) is 1.79. The molecule has 1 rings (SSSR count). The molecule has 1 heterocycles. The number of nitrogens with one attached hydrogen (secondary N) is 1. The number of nitrogens with two attached hydrogens (primary N) is 1. The van der Waals surface area contributed by atoms with E-state index in [0.29, 0.717) is 5.69 Å². The topological polar surface area (TPSA) is 72.9 Å². The molecule has 0 aliphatic heterocycles. The Balaban J connectivity index is 2.63. The summed E-state index contributed by atoms with van der Waals surface area (Å²) >= 11 is 4.73. The van der Waals surface area contributed by atoms with E-state index in [2.05, 4.69) is 10.3 Å². The molecule has 5 nitrogen and oxygen atoms in total. The zero-order chi connectivity index (χ0) is 10.7. The van der Waals surface area contributed by atoms with Crippen LogP contribution >= 0.6 is 12.2 Å². The fraction of sp³-hybridized carbons (Fsp3) is 0.375. The number of carbonyl (C=O) groups excluding carboxylic acids is 1. The molecule has 0 saturated carbocycles. The Morgan fingerprint density at radius 1 is 1.79 bits per heavy atom. The van der Waals surface area contributed by atoms with Gasteiger partial charge < -0.3 is 15.6 Å². The van der Waals surface area contributed by atoms with Crippen LogP contribution in [0.3, 0.4) is 0 Å². The molecule has 0 aliphatic carbocycles. The van der Waals surface area contributed by atoms with Crippen molar-refractivity contribution in [2.75, 3.05) is 0 Å². The molecule has 1 aromatic heterocycles. The Kier molecular flexibility index (Phi) is 3.19. The van der Waals surface area contributed by atoms with Crippen molar-refractivity contribution in [3.05, 3.63) is 18.2 Å². The number of imidazole rings is 1. The number of hydrogen-bond donors (Lipinski definition) is 2. The molecule has 1 aromatic rings. The van der Waals surface area contributed by atoms with Crippen molar-refractivity contribution >= 4 is 23.1 Å². The lowest BCUT2D eigenvalue weighted by atomic mass is 10.3. The molecular formula is C8H12N4OS. The summed E-state index contributed by atoms with van der Waals surface area (Å²) in [6, 6.07) is -0.320. The number of aromatic nitrogens is 2. The maximum atomic E-state index is 11.5. The van der Waals surface area contributed by atoms with Gasteiger partial charge in [-0.15, -0.1) is 0 Å². The molecule has 1 atom stereocenters. The monoisotopic (exact) mass is 212 g/mol. The largest absolute Gasteiger partial charge is 0.392 e. The van der Waals surface area contributed by atoms with Crippen molar-refractivity contribution in [2.45, 2.75) is 13.0 Å². The van der Waals surface area contributed by atoms with Gasteiger partial charge in [-0.1, -0.05) is 12.2 Å². The van der Waals surface area contributed by atoms with Gasteiger partial charge in [0.15, 0.2) is 0 Å². The van der Waals surface area contributed by atoms with Gasteiger partial charge in [0.1, 0.15) is 5.69 Å². The number of aryl methyl sites for hydroxylation is 1. The Morgan fingerprint density at radius 2 is 2.43 bits per heavy atom. The minimum atomic E-state index is -0.320. The lowest BCUT2D eigenvalue weighted by Crippen LogP contribution is -2.41. The third kappa shape index (κ3) is 2.53. The molecule has 0 aromatic carbocycles. The van der Waals surface area contributed by atoms with Crippen molar-refractivity contribution < 1.29 is 4.79 Å². The molecule has 0 fully saturated rings. The SMILES string of the molecule is CC(NC(=O)c1cn(C)cn1)C(N)=S. The summed E-state index contributed by atoms with van der Waals surface area (Å²) in [5.74, 6) is -0.272. The Hall–Kier alpha value is -1.43. The van der Waals surface area contributed by atoms with E-state index >= 15 is 0 Å². The van der Waals surface area contributed by atoms with Crippen LogP contribution in [-0.2, 0) is 7.05 Å². The van der Waals surface area contributed by atoms with Crippen molar-refractivity contribution in [1.82, 2.24) is 14.9 Å². The van der Waals surface area contributed by atoms with E-state index in [4.69, 9.17) is 18.0 Å². The number of rotatable bonds is 3. The molecule has 14 heavy (non-hydrogen) atoms. The van der Waals surface area contributed by atoms with Crippen LogP contribution in [0.25, 0.3) is 0 Å². The van der Waals surface area contributed by atoms with Crippen molar-refractivity contribution in [1.29, 1.82) is 0 Å². The summed E-state index contributed by atoms with van der Waals surface area (Å²) in [6.07, 6.45) is 3.18. The number of nitrogens with zero attached hydrogens (tertiary/aromatic N) is 2. The van der Waals surface area contributed by atoms with Crippen LogP contribution in [0.4, 0.5) is 0 Å². The maximum Gasteiger partial charge on any atom is 0.272 e. The molecule has 0 bridgehead atoms. The van der Waals surface area contributed by atoms with Crippen LogP contribution in [0.2, 0.25) is 0 Å². The van der Waals surface area contributed by atoms with Gasteiger partial charge in [0.2, 0.25) is 0 Å². The van der Waals surface area contributed by atoms with E-state index < -0.39 is 0 Å². The quantitative estimate of drug-likeness (QED) is 0.682. The average Bonchev–Trinajstić information content (AvgIpc) is 2.51. The highest BCUT2D eigenvalue weighted by Gasteiger charge is 2.12. The fourth-order valence-corrected chi connectivity index (χ4v) is 0.931. The molecule has 0 spiro atoms. The number of amides is 1. The normalized spacial score (nSPS) is 12.1. The first-order valence-corrected chi connectivity index (χ1v) is 4.49. The lowest BCUT2D eigenvalue weighted by molar-refractivity contribution is 0.0944. The highest BCUT2D eigenvalue weighted by Crippen LogP contribution is 1.95. The first kappa shape index (κ1) is 10.6. The van der Waals surface area contributed by atoms with Crippen LogP contribution in [0, 0.1) is 0 Å². The third-order valence-corrected chi connectivity index (χ3v) is 2.07. The maximum absolute atomic E-state index is 11.5. The van der Waals surface area contributed by atoms with Gasteiger partial charge in [-0.05, 0) is 6.92 Å². The van der Waals surface area contributed by atoms with Crippen molar-refractivity contribution in [2.24, 2.45) is 12.8 Å². The Bertz CT molecular complexity index is 360. The van der Waals surface area contributed by atoms with Gasteiger partial charge in [-0.25, -0.2) is 4.98 Å². The molecule has 1 unspecified atom stereocenters. The van der Waals surface area contributed by atoms with Gasteiger partial charge in [0.05, 0.1) is 17.4 Å². The summed E-state index contributed by atoms with van der Waals surface area (Å²) in [5.41, 5.74) is 5.72. The molecule has 0 aliphatic rings. The standard InChI is InChI=1S/C8H12N4OS/c1-5(7(9)14)11-8(13)6-3-12(2)4-10-6/h3-5H,1-2H3,(H2,9,14)(H,11,13). The molecule has 0 saturated heterocycles. The first-order valence-electron chi connectivity index (χ1n) is 4.09. The van der Waals surface area contributed by atoms with Crippen molar-refractivity contribution in [3.8, 4) is 0 Å². The minimum absolute atomic E-state index is 0.259. The summed E-state index contributed by atoms with van der Waals surface area (Å²) in [6.45, 7) is 1.73. The Morgan fingerprint density at radius 3 is 2.86 bits per heavy atom. The van der Waals surface area contributed by atoms with Crippen LogP contribution in [0.15, 0.2) is 12.5 Å². The molecule has 0 radical (unpaired) electrons. The number of carbonyl (C=O) groups is 1. The van der Waals surface area contributed by atoms with Crippen molar-refractivity contribution in [3.63, 3.8) is 0 Å². The van der Waals surface area contributed by atoms with E-state index in [9.17, 15) is 4.79 Å². The van der Waals surface area contributed by atoms with E-state index in [0.717, 1.165) is 0 Å². The zero-order valence-corrected chi connectivity index (χ0v) is 8.84. The van der Waals surface area contributed by atoms with Gasteiger partial charge in [0.25, 0.3) is 5.91 Å². The molecule has 6 heteroatoms. The zero-order valence-electron chi connectivity index (χ0n) is 8.02. The second kappa shape index (κ2) is 4.19. The Labute approximate surface area is 87.3 Å². The molecule has 3 N–H and O–H groups in total. The first-order chi connectivity index (χ1) is 6.50. The van der Waals surface area contributed by atoms with E-state index in [1.54, 1.807) is 31.1 Å². The van der Waals surface area contributed by atoms with Crippen LogP contribution in [-0.4, -0.2) is 26.5 Å². The van der Waals surface area contributed by atoms with Gasteiger partial charge in [-0.3, -0.25) is 4.79 Å². The predicted octanol–water partition coefficient (Wildman–Crippen LogP) is -0.175. The van der Waals surface area contributed by atoms with Crippen LogP contribution < -0.4 is 11.1 Å². The highest BCUT2D eigenvalue weighted by atomic mass is 32.1. The van der Waals surface area contributed by atoms with Crippen LogP contribution in [0.1, 0.15) is 17.4 Å². The lowest BCUT2D eigenvalue weighted by Gasteiger charge is -2.10. The summed E-state index contributed by atoms with van der Waals surface area (Å²) in [5, 5.41) is 2.63. The second-order valence-corrected chi connectivity index (χ2v) is 3.49. The van der Waals surface area contributed by atoms with E-state index in [-0.39, 0.29) is 16.9 Å². The second-order valence-electron chi connectivity index (χ2n) is 3.02. The number of thiocarbonyl (C=S) groups is 1. The van der Waals surface area contributed by atoms with Gasteiger partial charge >= 0.3 is 0 Å². The molecule has 76 valence electrons. The van der Waals surface area contributed by atoms with Crippen LogP contribution in [0.5, 0.6) is 0 Å². The highest BCUT2D eigenvalue weighted by molar-refractivity contribution is 7.80. The third-order valence-electron chi connectivity index (χ3n) is 1.71.